The van der Waals surface area contributed by atoms with Gasteiger partial charge in [-0.15, -0.1) is 0 Å². The highest BCUT2D eigenvalue weighted by atomic mass is 16.2. The van der Waals surface area contributed by atoms with Gasteiger partial charge in [-0.3, -0.25) is 9.59 Å². The van der Waals surface area contributed by atoms with Crippen molar-refractivity contribution in [2.45, 2.75) is 18.4 Å². The molecule has 0 saturated carbocycles. The van der Waals surface area contributed by atoms with E-state index in [2.05, 4.69) is 5.32 Å². The van der Waals surface area contributed by atoms with Crippen LogP contribution in [-0.4, -0.2) is 17.9 Å². The molecule has 0 aliphatic heterocycles. The van der Waals surface area contributed by atoms with E-state index in [0.717, 1.165) is 27.8 Å². The first kappa shape index (κ1) is 18.7. The first-order valence-corrected chi connectivity index (χ1v) is 9.64. The average Bonchev–Trinajstić information content (AvgIpc) is 3.08. The lowest BCUT2D eigenvalue weighted by Gasteiger charge is -2.18. The van der Waals surface area contributed by atoms with Crippen LogP contribution in [0.5, 0.6) is 0 Å². The molecular formula is C25H22N2O2. The Morgan fingerprint density at radius 2 is 1.41 bits per heavy atom. The van der Waals surface area contributed by atoms with Crippen LogP contribution in [0.4, 0.5) is 0 Å². The van der Waals surface area contributed by atoms with Gasteiger partial charge >= 0.3 is 0 Å². The molecule has 4 rings (SSSR count). The van der Waals surface area contributed by atoms with Gasteiger partial charge in [0.2, 0.25) is 11.8 Å². The van der Waals surface area contributed by atoms with E-state index in [9.17, 15) is 9.59 Å². The molecule has 3 N–H and O–H groups in total. The van der Waals surface area contributed by atoms with Gasteiger partial charge in [0.1, 0.15) is 6.04 Å². The van der Waals surface area contributed by atoms with Gasteiger partial charge in [0, 0.05) is 0 Å². The summed E-state index contributed by atoms with van der Waals surface area (Å²) in [5.74, 6) is -1.20. The molecule has 1 atom stereocenters. The molecule has 0 heterocycles. The third kappa shape index (κ3) is 3.83. The lowest BCUT2D eigenvalue weighted by atomic mass is 9.95. The maximum Gasteiger partial charge on any atom is 0.240 e. The Kier molecular flexibility index (Phi) is 5.25. The Morgan fingerprint density at radius 1 is 0.862 bits per heavy atom. The van der Waals surface area contributed by atoms with E-state index >= 15 is 0 Å². The van der Waals surface area contributed by atoms with E-state index in [1.54, 1.807) is 0 Å². The number of amides is 2. The average molecular weight is 382 g/mol. The largest absolute Gasteiger partial charge is 0.368 e. The molecular weight excluding hydrogens is 360 g/mol. The lowest BCUT2D eigenvalue weighted by Crippen LogP contribution is -2.45. The Bertz CT molecular complexity index is 1030. The highest BCUT2D eigenvalue weighted by Gasteiger charge is 2.34. The third-order valence-corrected chi connectivity index (χ3v) is 5.24. The zero-order valence-electron chi connectivity index (χ0n) is 15.9. The molecule has 144 valence electrons. The Balaban J connectivity index is 1.54. The van der Waals surface area contributed by atoms with Crippen LogP contribution >= 0.6 is 0 Å². The van der Waals surface area contributed by atoms with Crippen molar-refractivity contribution in [1.82, 2.24) is 5.32 Å². The number of nitrogens with two attached hydrogens (primary N) is 1. The van der Waals surface area contributed by atoms with Gasteiger partial charge in [-0.05, 0) is 34.2 Å². The first-order chi connectivity index (χ1) is 14.1. The molecule has 0 spiro atoms. The molecule has 0 radical (unpaired) electrons. The van der Waals surface area contributed by atoms with Crippen molar-refractivity contribution in [3.05, 3.63) is 102 Å². The molecule has 0 fully saturated rings. The summed E-state index contributed by atoms with van der Waals surface area (Å²) in [6.45, 7) is 0. The number of fused-ring (bicyclic) bond motifs is 3. The highest BCUT2D eigenvalue weighted by molar-refractivity contribution is 5.98. The second-order valence-electron chi connectivity index (χ2n) is 7.12. The molecule has 1 aliphatic rings. The Morgan fingerprint density at radius 3 is 2.00 bits per heavy atom. The van der Waals surface area contributed by atoms with Crippen molar-refractivity contribution in [3.63, 3.8) is 0 Å². The van der Waals surface area contributed by atoms with Crippen molar-refractivity contribution < 1.29 is 9.59 Å². The molecule has 0 bridgehead atoms. The maximum atomic E-state index is 13.2. The molecule has 3 aromatic rings. The summed E-state index contributed by atoms with van der Waals surface area (Å²) in [5, 5.41) is 2.86. The molecule has 0 aromatic heterocycles. The number of hydrogen-bond acceptors (Lipinski definition) is 2. The Hall–Kier alpha value is -3.66. The molecule has 1 aliphatic carbocycles. The molecule has 0 saturated heterocycles. The zero-order valence-corrected chi connectivity index (χ0v) is 15.9. The minimum absolute atomic E-state index is 0.209. The number of benzene rings is 3. The van der Waals surface area contributed by atoms with E-state index in [1.165, 1.54) is 0 Å². The smallest absolute Gasteiger partial charge is 0.240 e. The van der Waals surface area contributed by atoms with Gasteiger partial charge in [-0.25, -0.2) is 0 Å². The van der Waals surface area contributed by atoms with Gasteiger partial charge < -0.3 is 11.1 Å². The minimum atomic E-state index is -0.762. The van der Waals surface area contributed by atoms with Gasteiger partial charge in [-0.2, -0.15) is 0 Å². The second kappa shape index (κ2) is 8.15. The summed E-state index contributed by atoms with van der Waals surface area (Å²) in [5.41, 5.74) is 10.6. The standard InChI is InChI=1S/C25H22N2O2/c26-24(28)22(16-8-11-17-9-2-1-3-10-17)27-25(29)23-20-14-6-4-12-18(20)19-13-5-7-15-21(19)23/h1-15,22-23H,16H2,(H2,26,28)(H,27,29)/b11-8+/t22-/m1/s1. The summed E-state index contributed by atoms with van der Waals surface area (Å²) in [6, 6.07) is 24.8. The fraction of sp³-hybridized carbons (Fsp3) is 0.120. The quantitative estimate of drug-likeness (QED) is 0.679. The molecule has 29 heavy (non-hydrogen) atoms. The van der Waals surface area contributed by atoms with Crippen LogP contribution in [0, 0.1) is 0 Å². The third-order valence-electron chi connectivity index (χ3n) is 5.24. The van der Waals surface area contributed by atoms with Crippen LogP contribution < -0.4 is 11.1 Å². The van der Waals surface area contributed by atoms with Crippen LogP contribution in [0.2, 0.25) is 0 Å². The number of nitrogens with one attached hydrogen (secondary N) is 1. The molecule has 4 nitrogen and oxygen atoms in total. The van der Waals surface area contributed by atoms with E-state index in [0.29, 0.717) is 6.42 Å². The van der Waals surface area contributed by atoms with Gasteiger partial charge in [0.15, 0.2) is 0 Å². The summed E-state index contributed by atoms with van der Waals surface area (Å²) < 4.78 is 0. The van der Waals surface area contributed by atoms with E-state index in [4.69, 9.17) is 5.73 Å². The highest BCUT2D eigenvalue weighted by Crippen LogP contribution is 2.44. The van der Waals surface area contributed by atoms with E-state index in [-0.39, 0.29) is 5.91 Å². The summed E-state index contributed by atoms with van der Waals surface area (Å²) >= 11 is 0. The number of carbonyl (C=O) groups is 2. The predicted octanol–water partition coefficient (Wildman–Crippen LogP) is 3.87. The maximum absolute atomic E-state index is 13.2. The van der Waals surface area contributed by atoms with Crippen LogP contribution in [0.1, 0.15) is 29.0 Å². The fourth-order valence-corrected chi connectivity index (χ4v) is 3.84. The summed E-state index contributed by atoms with van der Waals surface area (Å²) in [7, 11) is 0. The van der Waals surface area contributed by atoms with Crippen LogP contribution in [-0.2, 0) is 9.59 Å². The SMILES string of the molecule is NC(=O)[C@@H](C/C=C/c1ccccc1)NC(=O)C1c2ccccc2-c2ccccc21. The molecule has 0 unspecified atom stereocenters. The number of rotatable bonds is 6. The lowest BCUT2D eigenvalue weighted by molar-refractivity contribution is -0.127. The van der Waals surface area contributed by atoms with Crippen molar-refractivity contribution in [3.8, 4) is 11.1 Å². The zero-order chi connectivity index (χ0) is 20.2. The van der Waals surface area contributed by atoms with Crippen LogP contribution in [0.25, 0.3) is 17.2 Å². The van der Waals surface area contributed by atoms with Gasteiger partial charge in [0.05, 0.1) is 5.92 Å². The fourth-order valence-electron chi connectivity index (χ4n) is 3.84. The van der Waals surface area contributed by atoms with E-state index < -0.39 is 17.9 Å². The van der Waals surface area contributed by atoms with Gasteiger partial charge in [0.25, 0.3) is 0 Å². The predicted molar refractivity (Wildman–Crippen MR) is 115 cm³/mol. The van der Waals surface area contributed by atoms with Crippen LogP contribution in [0.3, 0.4) is 0 Å². The summed E-state index contributed by atoms with van der Waals surface area (Å²) in [6.07, 6.45) is 4.12. The molecule has 3 aromatic carbocycles. The topological polar surface area (TPSA) is 72.2 Å². The minimum Gasteiger partial charge on any atom is -0.368 e. The Labute approximate surface area is 170 Å². The second-order valence-corrected chi connectivity index (χ2v) is 7.12. The molecule has 2 amide bonds. The number of hydrogen-bond donors (Lipinski definition) is 2. The van der Waals surface area contributed by atoms with Crippen LogP contribution in [0.15, 0.2) is 84.9 Å². The number of primary amides is 1. The van der Waals surface area contributed by atoms with Crippen molar-refractivity contribution in [1.29, 1.82) is 0 Å². The summed E-state index contributed by atoms with van der Waals surface area (Å²) in [4.78, 5) is 25.1. The van der Waals surface area contributed by atoms with E-state index in [1.807, 2.05) is 91.0 Å². The first-order valence-electron chi connectivity index (χ1n) is 9.64. The van der Waals surface area contributed by atoms with Crippen molar-refractivity contribution in [2.24, 2.45) is 5.73 Å². The molecule has 4 heteroatoms. The number of carbonyl (C=O) groups excluding carboxylic acids is 2. The van der Waals surface area contributed by atoms with Crippen molar-refractivity contribution >= 4 is 17.9 Å². The van der Waals surface area contributed by atoms with Gasteiger partial charge in [-0.1, -0.05) is 91.0 Å². The monoisotopic (exact) mass is 382 g/mol. The normalized spacial score (nSPS) is 13.7. The van der Waals surface area contributed by atoms with Crippen molar-refractivity contribution in [2.75, 3.05) is 0 Å².